The Kier molecular flexibility index (Phi) is 4.47. The number of nitrogens with zero attached hydrogens (tertiary/aromatic N) is 1. The molecule has 0 radical (unpaired) electrons. The molecule has 1 aliphatic rings. The number of hydrogen-bond donors (Lipinski definition) is 1. The Balaban J connectivity index is 1.99. The Hall–Kier alpha value is -2.12. The maximum atomic E-state index is 12.8. The summed E-state index contributed by atoms with van der Waals surface area (Å²) in [5.74, 6) is 0.599. The van der Waals surface area contributed by atoms with E-state index in [9.17, 15) is 13.2 Å². The molecule has 6 nitrogen and oxygen atoms in total. The number of ether oxygens (including phenoxy) is 1. The number of carbonyl (C=O) groups is 1. The van der Waals surface area contributed by atoms with Crippen LogP contribution in [0.1, 0.15) is 13.3 Å². The highest BCUT2D eigenvalue weighted by molar-refractivity contribution is 7.89. The van der Waals surface area contributed by atoms with Gasteiger partial charge in [-0.15, -0.1) is 0 Å². The number of likely N-dealkylation sites (tertiary alicyclic amines) is 1. The summed E-state index contributed by atoms with van der Waals surface area (Å²) in [7, 11) is -2.06. The molecule has 3 rings (SSSR count). The standard InChI is InChI=1S/C17H20N2O4S/c1-3-23-15-8-9-16(14-7-5-4-6-13(14)15)24(21,22)18-12-10-17(20)19(2)11-12/h4-9,12,18H,3,10-11H2,1-2H3/t12-/m1/s1. The third kappa shape index (κ3) is 3.09. The molecule has 0 saturated carbocycles. The van der Waals surface area contributed by atoms with Gasteiger partial charge in [0.05, 0.1) is 11.5 Å². The van der Waals surface area contributed by atoms with E-state index < -0.39 is 16.1 Å². The van der Waals surface area contributed by atoms with Gasteiger partial charge in [-0.05, 0) is 19.1 Å². The molecular formula is C17H20N2O4S. The minimum Gasteiger partial charge on any atom is -0.493 e. The van der Waals surface area contributed by atoms with Crippen LogP contribution in [0.4, 0.5) is 0 Å². The van der Waals surface area contributed by atoms with Crippen LogP contribution in [-0.2, 0) is 14.8 Å². The van der Waals surface area contributed by atoms with Gasteiger partial charge in [-0.25, -0.2) is 13.1 Å². The second-order valence-electron chi connectivity index (χ2n) is 5.84. The Labute approximate surface area is 141 Å². The number of carbonyl (C=O) groups excluding carboxylic acids is 1. The van der Waals surface area contributed by atoms with Gasteiger partial charge in [0, 0.05) is 36.8 Å². The maximum absolute atomic E-state index is 12.8. The number of fused-ring (bicyclic) bond motifs is 1. The molecule has 7 heteroatoms. The van der Waals surface area contributed by atoms with E-state index in [1.807, 2.05) is 19.1 Å². The van der Waals surface area contributed by atoms with Crippen molar-refractivity contribution < 1.29 is 17.9 Å². The first kappa shape index (κ1) is 16.7. The van der Waals surface area contributed by atoms with Gasteiger partial charge in [-0.3, -0.25) is 4.79 Å². The molecule has 1 amide bonds. The highest BCUT2D eigenvalue weighted by Gasteiger charge is 2.31. The fourth-order valence-electron chi connectivity index (χ4n) is 2.98. The molecule has 1 atom stereocenters. The molecule has 1 heterocycles. The van der Waals surface area contributed by atoms with E-state index >= 15 is 0 Å². The molecule has 0 unspecified atom stereocenters. The van der Waals surface area contributed by atoms with Crippen LogP contribution in [0.15, 0.2) is 41.3 Å². The summed E-state index contributed by atoms with van der Waals surface area (Å²) in [6.45, 7) is 2.77. The number of likely N-dealkylation sites (N-methyl/N-ethyl adjacent to an activating group) is 1. The second-order valence-corrected chi connectivity index (χ2v) is 7.52. The number of sulfonamides is 1. The predicted octanol–water partition coefficient (Wildman–Crippen LogP) is 1.75. The summed E-state index contributed by atoms with van der Waals surface area (Å²) in [4.78, 5) is 13.3. The quantitative estimate of drug-likeness (QED) is 0.893. The Morgan fingerprint density at radius 1 is 1.21 bits per heavy atom. The normalized spacial score (nSPS) is 18.3. The Morgan fingerprint density at radius 3 is 2.54 bits per heavy atom. The molecule has 1 aliphatic heterocycles. The van der Waals surface area contributed by atoms with Crippen molar-refractivity contribution in [3.63, 3.8) is 0 Å². The summed E-state index contributed by atoms with van der Waals surface area (Å²) >= 11 is 0. The second kappa shape index (κ2) is 6.41. The predicted molar refractivity (Wildman–Crippen MR) is 91.5 cm³/mol. The van der Waals surface area contributed by atoms with Crippen molar-refractivity contribution in [2.24, 2.45) is 0 Å². The number of hydrogen-bond acceptors (Lipinski definition) is 4. The van der Waals surface area contributed by atoms with Gasteiger partial charge in [0.25, 0.3) is 0 Å². The van der Waals surface area contributed by atoms with Gasteiger partial charge < -0.3 is 9.64 Å². The third-order valence-corrected chi connectivity index (χ3v) is 5.67. The highest BCUT2D eigenvalue weighted by atomic mass is 32.2. The van der Waals surface area contributed by atoms with E-state index in [-0.39, 0.29) is 17.2 Å². The highest BCUT2D eigenvalue weighted by Crippen LogP contribution is 2.31. The fraction of sp³-hybridized carbons (Fsp3) is 0.353. The van der Waals surface area contributed by atoms with Crippen LogP contribution in [0.5, 0.6) is 5.75 Å². The van der Waals surface area contributed by atoms with Crippen LogP contribution in [0, 0.1) is 0 Å². The lowest BCUT2D eigenvalue weighted by Crippen LogP contribution is -2.36. The van der Waals surface area contributed by atoms with Gasteiger partial charge >= 0.3 is 0 Å². The molecule has 0 spiro atoms. The summed E-state index contributed by atoms with van der Waals surface area (Å²) in [5, 5.41) is 1.36. The Bertz CT molecular complexity index is 879. The van der Waals surface area contributed by atoms with Crippen molar-refractivity contribution >= 4 is 26.7 Å². The van der Waals surface area contributed by atoms with Crippen molar-refractivity contribution in [2.45, 2.75) is 24.3 Å². The van der Waals surface area contributed by atoms with Crippen molar-refractivity contribution in [3.8, 4) is 5.75 Å². The first-order chi connectivity index (χ1) is 11.4. The zero-order chi connectivity index (χ0) is 17.3. The van der Waals surface area contributed by atoms with Crippen molar-refractivity contribution in [1.29, 1.82) is 0 Å². The van der Waals surface area contributed by atoms with E-state index in [2.05, 4.69) is 4.72 Å². The maximum Gasteiger partial charge on any atom is 0.241 e. The molecular weight excluding hydrogens is 328 g/mol. The van der Waals surface area contributed by atoms with Crippen LogP contribution in [-0.4, -0.2) is 45.5 Å². The number of nitrogens with one attached hydrogen (secondary N) is 1. The third-order valence-electron chi connectivity index (χ3n) is 4.10. The lowest BCUT2D eigenvalue weighted by Gasteiger charge is -2.15. The number of rotatable bonds is 5. The summed E-state index contributed by atoms with van der Waals surface area (Å²) in [6.07, 6.45) is 0.185. The van der Waals surface area contributed by atoms with Crippen LogP contribution in [0.3, 0.4) is 0 Å². The molecule has 2 aromatic carbocycles. The summed E-state index contributed by atoms with van der Waals surface area (Å²) in [6, 6.07) is 10.1. The van der Waals surface area contributed by atoms with Crippen LogP contribution < -0.4 is 9.46 Å². The largest absolute Gasteiger partial charge is 0.493 e. The number of amides is 1. The molecule has 2 aromatic rings. The average Bonchev–Trinajstić information content (AvgIpc) is 2.84. The minimum absolute atomic E-state index is 0.0562. The molecule has 128 valence electrons. The van der Waals surface area contributed by atoms with E-state index in [0.717, 1.165) is 5.39 Å². The zero-order valence-electron chi connectivity index (χ0n) is 13.7. The lowest BCUT2D eigenvalue weighted by atomic mass is 10.1. The fourth-order valence-corrected chi connectivity index (χ4v) is 4.42. The van der Waals surface area contributed by atoms with Gasteiger partial charge in [0.15, 0.2) is 0 Å². The van der Waals surface area contributed by atoms with Crippen LogP contribution >= 0.6 is 0 Å². The number of benzene rings is 2. The molecule has 0 aromatic heterocycles. The average molecular weight is 348 g/mol. The van der Waals surface area contributed by atoms with E-state index in [1.54, 1.807) is 31.3 Å². The van der Waals surface area contributed by atoms with E-state index in [4.69, 9.17) is 4.74 Å². The molecule has 1 fully saturated rings. The van der Waals surface area contributed by atoms with Crippen LogP contribution in [0.2, 0.25) is 0 Å². The zero-order valence-corrected chi connectivity index (χ0v) is 14.5. The molecule has 1 N–H and O–H groups in total. The van der Waals surface area contributed by atoms with Gasteiger partial charge in [0.2, 0.25) is 15.9 Å². The van der Waals surface area contributed by atoms with Crippen molar-refractivity contribution in [2.75, 3.05) is 20.2 Å². The van der Waals surface area contributed by atoms with Crippen molar-refractivity contribution in [3.05, 3.63) is 36.4 Å². The monoisotopic (exact) mass is 348 g/mol. The van der Waals surface area contributed by atoms with Gasteiger partial charge in [0.1, 0.15) is 5.75 Å². The Morgan fingerprint density at radius 2 is 1.92 bits per heavy atom. The minimum atomic E-state index is -3.73. The lowest BCUT2D eigenvalue weighted by molar-refractivity contribution is -0.126. The van der Waals surface area contributed by atoms with Crippen LogP contribution in [0.25, 0.3) is 10.8 Å². The molecule has 0 aliphatic carbocycles. The van der Waals surface area contributed by atoms with E-state index in [0.29, 0.717) is 24.3 Å². The first-order valence-electron chi connectivity index (χ1n) is 7.83. The molecule has 24 heavy (non-hydrogen) atoms. The van der Waals surface area contributed by atoms with Gasteiger partial charge in [-0.1, -0.05) is 24.3 Å². The molecule has 1 saturated heterocycles. The molecule has 0 bridgehead atoms. The smallest absolute Gasteiger partial charge is 0.241 e. The summed E-state index contributed by atoms with van der Waals surface area (Å²) < 4.78 is 33.8. The topological polar surface area (TPSA) is 75.7 Å². The first-order valence-corrected chi connectivity index (χ1v) is 9.31. The summed E-state index contributed by atoms with van der Waals surface area (Å²) in [5.41, 5.74) is 0. The van der Waals surface area contributed by atoms with Gasteiger partial charge in [-0.2, -0.15) is 0 Å². The van der Waals surface area contributed by atoms with Crippen molar-refractivity contribution in [1.82, 2.24) is 9.62 Å². The SMILES string of the molecule is CCOc1ccc(S(=O)(=O)N[C@@H]2CC(=O)N(C)C2)c2ccccc12. The van der Waals surface area contributed by atoms with E-state index in [1.165, 1.54) is 4.90 Å².